The highest BCUT2D eigenvalue weighted by Crippen LogP contribution is 2.33. The van der Waals surface area contributed by atoms with Gasteiger partial charge in [0.15, 0.2) is 0 Å². The number of nitrogens with one attached hydrogen (secondary N) is 1. The van der Waals surface area contributed by atoms with Gasteiger partial charge in [-0.05, 0) is 55.9 Å². The molecule has 1 N–H and O–H groups in total. The van der Waals surface area contributed by atoms with E-state index in [2.05, 4.69) is 34.2 Å². The quantitative estimate of drug-likeness (QED) is 0.858. The first-order valence-corrected chi connectivity index (χ1v) is 8.09. The van der Waals surface area contributed by atoms with E-state index < -0.39 is 0 Å². The van der Waals surface area contributed by atoms with E-state index in [1.54, 1.807) is 24.3 Å². The summed E-state index contributed by atoms with van der Waals surface area (Å²) in [5.41, 5.74) is 1.06. The summed E-state index contributed by atoms with van der Waals surface area (Å²) in [5, 5.41) is 12.7. The van der Waals surface area contributed by atoms with Crippen molar-refractivity contribution in [3.05, 3.63) is 35.4 Å². The number of alkyl halides is 1. The number of hydrogen-bond acceptors (Lipinski definition) is 2. The zero-order chi connectivity index (χ0) is 14.6. The van der Waals surface area contributed by atoms with Gasteiger partial charge in [0.1, 0.15) is 0 Å². The van der Waals surface area contributed by atoms with Crippen LogP contribution in [0.5, 0.6) is 0 Å². The maximum absolute atomic E-state index is 12.3. The first kappa shape index (κ1) is 15.1. The van der Waals surface area contributed by atoms with Crippen molar-refractivity contribution in [2.45, 2.75) is 38.1 Å². The minimum absolute atomic E-state index is 0.0523. The number of amides is 1. The molecule has 0 radical (unpaired) electrons. The summed E-state index contributed by atoms with van der Waals surface area (Å²) < 4.78 is 0. The second kappa shape index (κ2) is 6.41. The topological polar surface area (TPSA) is 52.9 Å². The van der Waals surface area contributed by atoms with E-state index in [1.165, 1.54) is 0 Å². The largest absolute Gasteiger partial charge is 0.346 e. The highest BCUT2D eigenvalue weighted by atomic mass is 79.9. The Morgan fingerprint density at radius 2 is 2.00 bits per heavy atom. The van der Waals surface area contributed by atoms with E-state index in [4.69, 9.17) is 5.26 Å². The van der Waals surface area contributed by atoms with Crippen LogP contribution in [0.4, 0.5) is 0 Å². The molecule has 1 amide bonds. The Hall–Kier alpha value is -1.34. The lowest BCUT2D eigenvalue weighted by molar-refractivity contribution is 0.0874. The van der Waals surface area contributed by atoms with E-state index in [0.717, 1.165) is 36.9 Å². The van der Waals surface area contributed by atoms with E-state index in [0.29, 0.717) is 11.1 Å². The fourth-order valence-corrected chi connectivity index (χ4v) is 3.32. The van der Waals surface area contributed by atoms with Gasteiger partial charge in [0, 0.05) is 10.9 Å². The highest BCUT2D eigenvalue weighted by Gasteiger charge is 2.34. The SMILES string of the molecule is CC1CCC(CBr)(NC(=O)c2ccc(C#N)cc2)CC1. The molecule has 0 bridgehead atoms. The third-order valence-corrected chi connectivity index (χ3v) is 5.22. The molecule has 1 aromatic carbocycles. The van der Waals surface area contributed by atoms with Gasteiger partial charge in [0.2, 0.25) is 0 Å². The second-order valence-electron chi connectivity index (χ2n) is 5.74. The molecule has 1 aromatic rings. The van der Waals surface area contributed by atoms with Crippen molar-refractivity contribution >= 4 is 21.8 Å². The highest BCUT2D eigenvalue weighted by molar-refractivity contribution is 9.09. The third kappa shape index (κ3) is 3.40. The van der Waals surface area contributed by atoms with Crippen molar-refractivity contribution in [3.63, 3.8) is 0 Å². The van der Waals surface area contributed by atoms with Crippen LogP contribution in [-0.4, -0.2) is 16.8 Å². The Morgan fingerprint density at radius 3 is 2.50 bits per heavy atom. The molecule has 1 aliphatic rings. The molecule has 0 aromatic heterocycles. The molecule has 0 aliphatic heterocycles. The predicted octanol–water partition coefficient (Wildman–Crippen LogP) is 3.63. The Bertz CT molecular complexity index is 510. The fourth-order valence-electron chi connectivity index (χ4n) is 2.62. The number of rotatable bonds is 3. The summed E-state index contributed by atoms with van der Waals surface area (Å²) in [5.74, 6) is 0.692. The molecular formula is C16H19BrN2O. The molecule has 4 heteroatoms. The molecule has 0 atom stereocenters. The lowest BCUT2D eigenvalue weighted by atomic mass is 9.78. The third-order valence-electron chi connectivity index (χ3n) is 4.14. The molecule has 20 heavy (non-hydrogen) atoms. The Balaban J connectivity index is 2.07. The van der Waals surface area contributed by atoms with E-state index in [-0.39, 0.29) is 11.4 Å². The van der Waals surface area contributed by atoms with Gasteiger partial charge in [-0.25, -0.2) is 0 Å². The standard InChI is InChI=1S/C16H19BrN2O/c1-12-6-8-16(11-17,9-7-12)19-15(20)14-4-2-13(10-18)3-5-14/h2-5,12H,6-9,11H2,1H3,(H,19,20). The molecule has 1 fully saturated rings. The zero-order valence-corrected chi connectivity index (χ0v) is 13.2. The van der Waals surface area contributed by atoms with Crippen molar-refractivity contribution in [3.8, 4) is 6.07 Å². The molecule has 1 saturated carbocycles. The maximum atomic E-state index is 12.3. The average Bonchev–Trinajstić information content (AvgIpc) is 2.50. The monoisotopic (exact) mass is 334 g/mol. The number of halogens is 1. The molecule has 1 aliphatic carbocycles. The number of benzene rings is 1. The van der Waals surface area contributed by atoms with Gasteiger partial charge < -0.3 is 5.32 Å². The number of nitriles is 1. The lowest BCUT2D eigenvalue weighted by Gasteiger charge is -2.39. The Labute approximate surface area is 128 Å². The van der Waals surface area contributed by atoms with Crippen LogP contribution in [0.2, 0.25) is 0 Å². The summed E-state index contributed by atoms with van der Waals surface area (Å²) in [6, 6.07) is 8.84. The summed E-state index contributed by atoms with van der Waals surface area (Å²) in [4.78, 5) is 12.3. The van der Waals surface area contributed by atoms with Gasteiger partial charge in [-0.3, -0.25) is 4.79 Å². The maximum Gasteiger partial charge on any atom is 0.251 e. The summed E-state index contributed by atoms with van der Waals surface area (Å²) >= 11 is 3.55. The van der Waals surface area contributed by atoms with Gasteiger partial charge >= 0.3 is 0 Å². The van der Waals surface area contributed by atoms with E-state index in [1.807, 2.05) is 0 Å². The zero-order valence-electron chi connectivity index (χ0n) is 11.7. The van der Waals surface area contributed by atoms with Gasteiger partial charge in [-0.1, -0.05) is 22.9 Å². The number of nitrogens with zero attached hydrogens (tertiary/aromatic N) is 1. The van der Waals surface area contributed by atoms with Crippen molar-refractivity contribution in [1.82, 2.24) is 5.32 Å². The fraction of sp³-hybridized carbons (Fsp3) is 0.500. The molecule has 2 rings (SSSR count). The minimum Gasteiger partial charge on any atom is -0.346 e. The number of hydrogen-bond donors (Lipinski definition) is 1. The molecule has 3 nitrogen and oxygen atoms in total. The normalized spacial score (nSPS) is 25.8. The smallest absolute Gasteiger partial charge is 0.251 e. The van der Waals surface area contributed by atoms with Crippen LogP contribution in [0.1, 0.15) is 48.5 Å². The summed E-state index contributed by atoms with van der Waals surface area (Å²) in [6.07, 6.45) is 4.33. The van der Waals surface area contributed by atoms with Gasteiger partial charge in [0.25, 0.3) is 5.91 Å². The van der Waals surface area contributed by atoms with Gasteiger partial charge in [0.05, 0.1) is 17.2 Å². The van der Waals surface area contributed by atoms with E-state index in [9.17, 15) is 4.79 Å². The Kier molecular flexibility index (Phi) is 4.82. The molecule has 106 valence electrons. The van der Waals surface area contributed by atoms with Gasteiger partial charge in [-0.2, -0.15) is 5.26 Å². The summed E-state index contributed by atoms with van der Waals surface area (Å²) in [6.45, 7) is 2.26. The van der Waals surface area contributed by atoms with Crippen LogP contribution in [0, 0.1) is 17.2 Å². The molecule has 0 unspecified atom stereocenters. The number of carbonyl (C=O) groups is 1. The molecule has 0 heterocycles. The lowest BCUT2D eigenvalue weighted by Crippen LogP contribution is -2.52. The average molecular weight is 335 g/mol. The molecule has 0 spiro atoms. The van der Waals surface area contributed by atoms with Crippen LogP contribution in [0.15, 0.2) is 24.3 Å². The first-order chi connectivity index (χ1) is 9.58. The second-order valence-corrected chi connectivity index (χ2v) is 6.30. The van der Waals surface area contributed by atoms with Crippen LogP contribution in [-0.2, 0) is 0 Å². The van der Waals surface area contributed by atoms with Gasteiger partial charge in [-0.15, -0.1) is 0 Å². The minimum atomic E-state index is -0.127. The molecular weight excluding hydrogens is 316 g/mol. The molecule has 0 saturated heterocycles. The number of carbonyl (C=O) groups excluding carboxylic acids is 1. The Morgan fingerprint density at radius 1 is 1.40 bits per heavy atom. The first-order valence-electron chi connectivity index (χ1n) is 6.97. The van der Waals surface area contributed by atoms with E-state index >= 15 is 0 Å². The summed E-state index contributed by atoms with van der Waals surface area (Å²) in [7, 11) is 0. The van der Waals surface area contributed by atoms with Crippen LogP contribution >= 0.6 is 15.9 Å². The van der Waals surface area contributed by atoms with Crippen molar-refractivity contribution in [2.24, 2.45) is 5.92 Å². The van der Waals surface area contributed by atoms with Crippen LogP contribution in [0.25, 0.3) is 0 Å². The van der Waals surface area contributed by atoms with Crippen molar-refractivity contribution in [2.75, 3.05) is 5.33 Å². The van der Waals surface area contributed by atoms with Crippen LogP contribution < -0.4 is 5.32 Å². The van der Waals surface area contributed by atoms with Crippen molar-refractivity contribution in [1.29, 1.82) is 5.26 Å². The van der Waals surface area contributed by atoms with Crippen LogP contribution in [0.3, 0.4) is 0 Å². The predicted molar refractivity (Wildman–Crippen MR) is 82.8 cm³/mol. The van der Waals surface area contributed by atoms with Crippen molar-refractivity contribution < 1.29 is 4.79 Å².